The Labute approximate surface area is 182 Å². The molecule has 1 aromatic carbocycles. The topological polar surface area (TPSA) is 74.8 Å². The maximum atomic E-state index is 12.0. The Morgan fingerprint density at radius 2 is 2.00 bits per heavy atom. The Morgan fingerprint density at radius 1 is 1.23 bits per heavy atom. The molecule has 30 heavy (non-hydrogen) atoms. The van der Waals surface area contributed by atoms with Crippen LogP contribution in [-0.4, -0.2) is 38.7 Å². The minimum absolute atomic E-state index is 0.0569. The molecular formula is C24H40N4O2. The molecule has 1 aliphatic rings. The van der Waals surface area contributed by atoms with E-state index in [0.717, 1.165) is 43.4 Å². The molecule has 6 heteroatoms. The largest absolute Gasteiger partial charge is 0.382 e. The van der Waals surface area contributed by atoms with E-state index in [-0.39, 0.29) is 5.91 Å². The van der Waals surface area contributed by atoms with Crippen molar-refractivity contribution in [1.29, 1.82) is 0 Å². The van der Waals surface area contributed by atoms with Crippen LogP contribution in [0.25, 0.3) is 0 Å². The summed E-state index contributed by atoms with van der Waals surface area (Å²) in [6.07, 6.45) is 6.74. The first kappa shape index (κ1) is 24.2. The van der Waals surface area contributed by atoms with Gasteiger partial charge in [0.15, 0.2) is 5.96 Å². The SMILES string of the molecule is CCOCCC1(CNC(=NC)NCc2cccc(NC(=O)CC(C)C)c2)CCCC1. The van der Waals surface area contributed by atoms with Gasteiger partial charge in [-0.1, -0.05) is 38.8 Å². The first-order valence-electron chi connectivity index (χ1n) is 11.4. The third-order valence-electron chi connectivity index (χ3n) is 5.76. The third-order valence-corrected chi connectivity index (χ3v) is 5.76. The number of nitrogens with zero attached hydrogens (tertiary/aromatic N) is 1. The highest BCUT2D eigenvalue weighted by Gasteiger charge is 2.33. The molecule has 0 saturated heterocycles. The van der Waals surface area contributed by atoms with E-state index in [2.05, 4.69) is 33.9 Å². The second kappa shape index (κ2) is 12.6. The van der Waals surface area contributed by atoms with E-state index < -0.39 is 0 Å². The number of carbonyl (C=O) groups is 1. The van der Waals surface area contributed by atoms with Gasteiger partial charge >= 0.3 is 0 Å². The van der Waals surface area contributed by atoms with Crippen molar-refractivity contribution in [2.45, 2.75) is 65.8 Å². The predicted molar refractivity (Wildman–Crippen MR) is 125 cm³/mol. The fraction of sp³-hybridized carbons (Fsp3) is 0.667. The van der Waals surface area contributed by atoms with Crippen LogP contribution in [-0.2, 0) is 16.1 Å². The van der Waals surface area contributed by atoms with Gasteiger partial charge in [0.1, 0.15) is 0 Å². The lowest BCUT2D eigenvalue weighted by Crippen LogP contribution is -2.43. The molecule has 0 bridgehead atoms. The van der Waals surface area contributed by atoms with Gasteiger partial charge in [-0.25, -0.2) is 0 Å². The van der Waals surface area contributed by atoms with E-state index in [1.54, 1.807) is 7.05 Å². The molecule has 1 aromatic rings. The number of amides is 1. The maximum Gasteiger partial charge on any atom is 0.224 e. The Hall–Kier alpha value is -2.08. The second-order valence-electron chi connectivity index (χ2n) is 8.78. The van der Waals surface area contributed by atoms with Crippen molar-refractivity contribution >= 4 is 17.6 Å². The van der Waals surface area contributed by atoms with Gasteiger partial charge in [-0.15, -0.1) is 0 Å². The summed E-state index contributed by atoms with van der Waals surface area (Å²) in [7, 11) is 1.80. The highest BCUT2D eigenvalue weighted by atomic mass is 16.5. The van der Waals surface area contributed by atoms with Gasteiger partial charge < -0.3 is 20.7 Å². The third kappa shape index (κ3) is 8.34. The van der Waals surface area contributed by atoms with Gasteiger partial charge in [-0.2, -0.15) is 0 Å². The average molecular weight is 417 g/mol. The summed E-state index contributed by atoms with van der Waals surface area (Å²) < 4.78 is 5.62. The van der Waals surface area contributed by atoms with E-state index in [1.807, 2.05) is 32.0 Å². The molecule has 3 N–H and O–H groups in total. The summed E-state index contributed by atoms with van der Waals surface area (Å²) >= 11 is 0. The molecule has 0 atom stereocenters. The smallest absolute Gasteiger partial charge is 0.224 e. The molecule has 2 rings (SSSR count). The van der Waals surface area contributed by atoms with Gasteiger partial charge in [0.05, 0.1) is 0 Å². The van der Waals surface area contributed by atoms with Crippen LogP contribution in [0.1, 0.15) is 64.9 Å². The van der Waals surface area contributed by atoms with Gasteiger partial charge in [0.25, 0.3) is 0 Å². The van der Waals surface area contributed by atoms with Crippen molar-refractivity contribution in [3.05, 3.63) is 29.8 Å². The van der Waals surface area contributed by atoms with E-state index in [1.165, 1.54) is 25.7 Å². The van der Waals surface area contributed by atoms with E-state index in [0.29, 0.717) is 24.3 Å². The number of anilines is 1. The van der Waals surface area contributed by atoms with Crippen LogP contribution in [0.4, 0.5) is 5.69 Å². The Morgan fingerprint density at radius 3 is 2.67 bits per heavy atom. The van der Waals surface area contributed by atoms with E-state index >= 15 is 0 Å². The molecular weight excluding hydrogens is 376 g/mol. The van der Waals surface area contributed by atoms with Crippen LogP contribution in [0.15, 0.2) is 29.3 Å². The van der Waals surface area contributed by atoms with Crippen molar-refractivity contribution in [3.8, 4) is 0 Å². The fourth-order valence-electron chi connectivity index (χ4n) is 4.09. The fourth-order valence-corrected chi connectivity index (χ4v) is 4.09. The Kier molecular flexibility index (Phi) is 10.1. The summed E-state index contributed by atoms with van der Waals surface area (Å²) in [6.45, 7) is 9.33. The molecule has 1 aliphatic carbocycles. The zero-order valence-electron chi connectivity index (χ0n) is 19.2. The average Bonchev–Trinajstić information content (AvgIpc) is 3.17. The zero-order valence-corrected chi connectivity index (χ0v) is 19.2. The van der Waals surface area contributed by atoms with Crippen molar-refractivity contribution in [3.63, 3.8) is 0 Å². The number of ether oxygens (including phenoxy) is 1. The van der Waals surface area contributed by atoms with Gasteiger partial charge in [-0.05, 0) is 55.2 Å². The van der Waals surface area contributed by atoms with Gasteiger partial charge in [0.2, 0.25) is 5.91 Å². The lowest BCUT2D eigenvalue weighted by atomic mass is 9.83. The van der Waals surface area contributed by atoms with Crippen molar-refractivity contribution in [2.24, 2.45) is 16.3 Å². The van der Waals surface area contributed by atoms with Crippen LogP contribution in [0, 0.1) is 11.3 Å². The van der Waals surface area contributed by atoms with Crippen molar-refractivity contribution in [1.82, 2.24) is 10.6 Å². The van der Waals surface area contributed by atoms with Crippen LogP contribution in [0.5, 0.6) is 0 Å². The first-order valence-corrected chi connectivity index (χ1v) is 11.4. The summed E-state index contributed by atoms with van der Waals surface area (Å²) in [5.74, 6) is 1.22. The molecule has 0 radical (unpaired) electrons. The summed E-state index contributed by atoms with van der Waals surface area (Å²) in [5.41, 5.74) is 2.25. The summed E-state index contributed by atoms with van der Waals surface area (Å²) in [6, 6.07) is 7.97. The van der Waals surface area contributed by atoms with Gasteiger partial charge in [0, 0.05) is 45.5 Å². The summed E-state index contributed by atoms with van der Waals surface area (Å²) in [5, 5.41) is 9.92. The number of rotatable bonds is 11. The number of guanidine groups is 1. The van der Waals surface area contributed by atoms with Crippen LogP contribution in [0.2, 0.25) is 0 Å². The van der Waals surface area contributed by atoms with Crippen LogP contribution >= 0.6 is 0 Å². The Balaban J connectivity index is 1.85. The van der Waals surface area contributed by atoms with Crippen molar-refractivity contribution in [2.75, 3.05) is 32.1 Å². The standard InChI is InChI=1S/C24H40N4O2/c1-5-30-14-13-24(11-6-7-12-24)18-27-23(25-4)26-17-20-9-8-10-21(16-20)28-22(29)15-19(2)3/h8-10,16,19H,5-7,11-15,17-18H2,1-4H3,(H,28,29)(H2,25,26,27). The molecule has 0 aromatic heterocycles. The molecule has 0 aliphatic heterocycles. The minimum atomic E-state index is 0.0569. The summed E-state index contributed by atoms with van der Waals surface area (Å²) in [4.78, 5) is 16.4. The lowest BCUT2D eigenvalue weighted by Gasteiger charge is -2.30. The highest BCUT2D eigenvalue weighted by Crippen LogP contribution is 2.40. The minimum Gasteiger partial charge on any atom is -0.382 e. The molecule has 0 spiro atoms. The molecule has 1 fully saturated rings. The van der Waals surface area contributed by atoms with Crippen LogP contribution in [0.3, 0.4) is 0 Å². The number of aliphatic imine (C=N–C) groups is 1. The zero-order chi connectivity index (χ0) is 21.8. The van der Waals surface area contributed by atoms with Crippen LogP contribution < -0.4 is 16.0 Å². The predicted octanol–water partition coefficient (Wildman–Crippen LogP) is 4.32. The second-order valence-corrected chi connectivity index (χ2v) is 8.78. The van der Waals surface area contributed by atoms with Crippen molar-refractivity contribution < 1.29 is 9.53 Å². The number of benzene rings is 1. The number of nitrogens with one attached hydrogen (secondary N) is 3. The normalized spacial score (nSPS) is 16.0. The van der Waals surface area contributed by atoms with Gasteiger partial charge in [-0.3, -0.25) is 9.79 Å². The number of hydrogen-bond acceptors (Lipinski definition) is 3. The molecule has 168 valence electrons. The molecule has 0 heterocycles. The molecule has 1 saturated carbocycles. The number of carbonyl (C=O) groups excluding carboxylic acids is 1. The molecule has 0 unspecified atom stereocenters. The number of hydrogen-bond donors (Lipinski definition) is 3. The Bertz CT molecular complexity index is 682. The van der Waals surface area contributed by atoms with E-state index in [9.17, 15) is 4.79 Å². The molecule has 1 amide bonds. The quantitative estimate of drug-likeness (QED) is 0.285. The lowest BCUT2D eigenvalue weighted by molar-refractivity contribution is -0.116. The first-order chi connectivity index (χ1) is 14.5. The molecule has 6 nitrogen and oxygen atoms in total. The van der Waals surface area contributed by atoms with E-state index in [4.69, 9.17) is 4.74 Å². The maximum absolute atomic E-state index is 12.0. The monoisotopic (exact) mass is 416 g/mol. The highest BCUT2D eigenvalue weighted by molar-refractivity contribution is 5.90.